The zero-order valence-corrected chi connectivity index (χ0v) is 13.6. The van der Waals surface area contributed by atoms with Crippen LogP contribution in [0.25, 0.3) is 0 Å². The van der Waals surface area contributed by atoms with Crippen LogP contribution in [0.4, 0.5) is 0 Å². The molecular weight excluding hydrogens is 334 g/mol. The first-order chi connectivity index (χ1) is 10.0. The maximum absolute atomic E-state index is 12.4. The summed E-state index contributed by atoms with van der Waals surface area (Å²) in [5.41, 5.74) is 0.994. The van der Waals surface area contributed by atoms with Crippen LogP contribution in [0.1, 0.15) is 44.2 Å². The lowest BCUT2D eigenvalue weighted by atomic mass is 9.78. The molecule has 1 aliphatic carbocycles. The number of carboxylic acid groups (broad SMARTS) is 1. The van der Waals surface area contributed by atoms with E-state index in [0.29, 0.717) is 12.8 Å². The highest BCUT2D eigenvalue weighted by atomic mass is 79.9. The molecular formula is C16H20BrNO3. The van der Waals surface area contributed by atoms with Gasteiger partial charge in [-0.15, -0.1) is 0 Å². The number of carbonyl (C=O) groups excluding carboxylic acids is 1. The molecule has 1 aromatic rings. The van der Waals surface area contributed by atoms with Crippen molar-refractivity contribution in [3.05, 3.63) is 34.3 Å². The van der Waals surface area contributed by atoms with Crippen molar-refractivity contribution in [3.63, 3.8) is 0 Å². The first-order valence-corrected chi connectivity index (χ1v) is 8.07. The highest BCUT2D eigenvalue weighted by Crippen LogP contribution is 2.31. The van der Waals surface area contributed by atoms with Crippen LogP contribution in [-0.4, -0.2) is 17.0 Å². The molecule has 21 heavy (non-hydrogen) atoms. The molecule has 1 aromatic carbocycles. The monoisotopic (exact) mass is 353 g/mol. The van der Waals surface area contributed by atoms with Gasteiger partial charge in [0.25, 0.3) is 0 Å². The third-order valence-electron chi connectivity index (χ3n) is 4.15. The van der Waals surface area contributed by atoms with Crippen molar-refractivity contribution in [2.75, 3.05) is 0 Å². The number of hydrogen-bond donors (Lipinski definition) is 2. The van der Waals surface area contributed by atoms with Crippen LogP contribution in [0.15, 0.2) is 28.7 Å². The molecule has 5 heteroatoms. The molecule has 0 saturated heterocycles. The van der Waals surface area contributed by atoms with Gasteiger partial charge in [-0.05, 0) is 31.4 Å². The van der Waals surface area contributed by atoms with Crippen molar-refractivity contribution in [1.82, 2.24) is 5.32 Å². The Morgan fingerprint density at radius 1 is 1.24 bits per heavy atom. The maximum atomic E-state index is 12.4. The first-order valence-electron chi connectivity index (χ1n) is 7.28. The molecule has 0 unspecified atom stereocenters. The minimum absolute atomic E-state index is 0.148. The Hall–Kier alpha value is -1.36. The normalized spacial score (nSPS) is 23.3. The van der Waals surface area contributed by atoms with Gasteiger partial charge in [-0.25, -0.2) is 0 Å². The average Bonchev–Trinajstić information content (AvgIpc) is 2.47. The van der Waals surface area contributed by atoms with Crippen molar-refractivity contribution >= 4 is 27.8 Å². The van der Waals surface area contributed by atoms with E-state index in [1.807, 2.05) is 31.2 Å². The molecule has 1 aliphatic rings. The lowest BCUT2D eigenvalue weighted by molar-refractivity contribution is -0.149. The maximum Gasteiger partial charge on any atom is 0.307 e. The molecule has 0 spiro atoms. The molecule has 0 radical (unpaired) electrons. The van der Waals surface area contributed by atoms with E-state index in [9.17, 15) is 14.7 Å². The summed E-state index contributed by atoms with van der Waals surface area (Å²) in [6.45, 7) is 1.91. The van der Waals surface area contributed by atoms with E-state index in [2.05, 4.69) is 21.2 Å². The Balaban J connectivity index is 2.06. The summed E-state index contributed by atoms with van der Waals surface area (Å²) in [6.07, 6.45) is 3.06. The number of rotatable bonds is 4. The van der Waals surface area contributed by atoms with Gasteiger partial charge in [0.2, 0.25) is 5.91 Å². The highest BCUT2D eigenvalue weighted by molar-refractivity contribution is 9.10. The van der Waals surface area contributed by atoms with Crippen molar-refractivity contribution in [3.8, 4) is 0 Å². The second-order valence-corrected chi connectivity index (χ2v) is 6.44. The predicted molar refractivity (Wildman–Crippen MR) is 83.8 cm³/mol. The van der Waals surface area contributed by atoms with E-state index in [1.165, 1.54) is 0 Å². The summed E-state index contributed by atoms with van der Waals surface area (Å²) in [7, 11) is 0. The number of benzene rings is 1. The summed E-state index contributed by atoms with van der Waals surface area (Å²) < 4.78 is 0.941. The van der Waals surface area contributed by atoms with E-state index in [-0.39, 0.29) is 11.9 Å². The number of hydrogen-bond acceptors (Lipinski definition) is 2. The molecule has 0 aliphatic heterocycles. The van der Waals surface area contributed by atoms with Gasteiger partial charge in [0.05, 0.1) is 17.9 Å². The van der Waals surface area contributed by atoms with Gasteiger partial charge >= 0.3 is 5.97 Å². The first kappa shape index (κ1) is 16.0. The molecule has 1 saturated carbocycles. The number of halogens is 1. The van der Waals surface area contributed by atoms with Crippen LogP contribution in [0.5, 0.6) is 0 Å². The fourth-order valence-electron chi connectivity index (χ4n) is 2.96. The molecule has 0 heterocycles. The Bertz CT molecular complexity index is 532. The Kier molecular flexibility index (Phi) is 5.39. The number of amides is 1. The summed E-state index contributed by atoms with van der Waals surface area (Å²) in [6, 6.07) is 7.57. The summed E-state index contributed by atoms with van der Waals surface area (Å²) in [4.78, 5) is 23.7. The van der Waals surface area contributed by atoms with Gasteiger partial charge in [-0.3, -0.25) is 9.59 Å². The minimum Gasteiger partial charge on any atom is -0.481 e. The minimum atomic E-state index is -0.858. The molecule has 114 valence electrons. The summed E-state index contributed by atoms with van der Waals surface area (Å²) in [5.74, 6) is -1.97. The van der Waals surface area contributed by atoms with Crippen LogP contribution < -0.4 is 5.32 Å². The Morgan fingerprint density at radius 2 is 1.86 bits per heavy atom. The van der Waals surface area contributed by atoms with E-state index < -0.39 is 17.8 Å². The fourth-order valence-corrected chi connectivity index (χ4v) is 3.59. The zero-order valence-electron chi connectivity index (χ0n) is 12.0. The lowest BCUT2D eigenvalue weighted by Crippen LogP contribution is -2.40. The molecule has 1 amide bonds. The SMILES string of the molecule is C[C@H](NC(=O)[C@@H]1CCCC[C@@H]1C(=O)O)c1ccccc1Br. The Morgan fingerprint density at radius 3 is 2.48 bits per heavy atom. The van der Waals surface area contributed by atoms with E-state index in [4.69, 9.17) is 0 Å². The van der Waals surface area contributed by atoms with E-state index in [1.54, 1.807) is 0 Å². The molecule has 4 nitrogen and oxygen atoms in total. The van der Waals surface area contributed by atoms with Crippen molar-refractivity contribution < 1.29 is 14.7 Å². The van der Waals surface area contributed by atoms with Crippen molar-refractivity contribution in [2.45, 2.75) is 38.6 Å². The van der Waals surface area contributed by atoms with Gasteiger partial charge in [-0.1, -0.05) is 47.0 Å². The quantitative estimate of drug-likeness (QED) is 0.870. The molecule has 3 atom stereocenters. The smallest absolute Gasteiger partial charge is 0.307 e. The average molecular weight is 354 g/mol. The van der Waals surface area contributed by atoms with Crippen LogP contribution in [0.3, 0.4) is 0 Å². The summed E-state index contributed by atoms with van der Waals surface area (Å²) in [5, 5.41) is 12.2. The van der Waals surface area contributed by atoms with Gasteiger partial charge < -0.3 is 10.4 Å². The van der Waals surface area contributed by atoms with Gasteiger partial charge in [0.1, 0.15) is 0 Å². The van der Waals surface area contributed by atoms with E-state index >= 15 is 0 Å². The van der Waals surface area contributed by atoms with Crippen LogP contribution in [-0.2, 0) is 9.59 Å². The lowest BCUT2D eigenvalue weighted by Gasteiger charge is -2.29. The number of nitrogens with one attached hydrogen (secondary N) is 1. The number of aliphatic carboxylic acids is 1. The van der Waals surface area contributed by atoms with Gasteiger partial charge in [0, 0.05) is 4.47 Å². The van der Waals surface area contributed by atoms with Crippen LogP contribution in [0, 0.1) is 11.8 Å². The molecule has 0 aromatic heterocycles. The molecule has 2 N–H and O–H groups in total. The van der Waals surface area contributed by atoms with Gasteiger partial charge in [0.15, 0.2) is 0 Å². The highest BCUT2D eigenvalue weighted by Gasteiger charge is 2.36. The predicted octanol–water partition coefficient (Wildman–Crippen LogP) is 3.52. The van der Waals surface area contributed by atoms with Gasteiger partial charge in [-0.2, -0.15) is 0 Å². The fraction of sp³-hybridized carbons (Fsp3) is 0.500. The topological polar surface area (TPSA) is 66.4 Å². The third kappa shape index (κ3) is 3.84. The Labute approximate surface area is 133 Å². The third-order valence-corrected chi connectivity index (χ3v) is 4.87. The zero-order chi connectivity index (χ0) is 15.4. The van der Waals surface area contributed by atoms with Crippen molar-refractivity contribution in [2.24, 2.45) is 11.8 Å². The second-order valence-electron chi connectivity index (χ2n) is 5.59. The van der Waals surface area contributed by atoms with Crippen molar-refractivity contribution in [1.29, 1.82) is 0 Å². The standard InChI is InChI=1S/C16H20BrNO3/c1-10(11-6-4-5-9-14(11)17)18-15(19)12-7-2-3-8-13(12)16(20)21/h4-6,9-10,12-13H,2-3,7-8H2,1H3,(H,18,19)(H,20,21)/t10-,12+,13-/m0/s1. The largest absolute Gasteiger partial charge is 0.481 e. The molecule has 0 bridgehead atoms. The summed E-state index contributed by atoms with van der Waals surface area (Å²) >= 11 is 3.47. The number of carboxylic acids is 1. The number of carbonyl (C=O) groups is 2. The second kappa shape index (κ2) is 7.07. The van der Waals surface area contributed by atoms with Crippen LogP contribution >= 0.6 is 15.9 Å². The molecule has 2 rings (SSSR count). The van der Waals surface area contributed by atoms with Crippen LogP contribution in [0.2, 0.25) is 0 Å². The molecule has 1 fully saturated rings. The van der Waals surface area contributed by atoms with E-state index in [0.717, 1.165) is 22.9 Å².